The van der Waals surface area contributed by atoms with Crippen molar-refractivity contribution in [1.82, 2.24) is 19.8 Å². The van der Waals surface area contributed by atoms with Gasteiger partial charge < -0.3 is 19.9 Å². The third kappa shape index (κ3) is 5.65. The van der Waals surface area contributed by atoms with E-state index in [2.05, 4.69) is 16.9 Å². The van der Waals surface area contributed by atoms with Gasteiger partial charge in [0.15, 0.2) is 0 Å². The average molecular weight is 639 g/mol. The summed E-state index contributed by atoms with van der Waals surface area (Å²) in [6, 6.07) is 3.25. The Morgan fingerprint density at radius 2 is 1.88 bits per heavy atom. The molecule has 42 heavy (non-hydrogen) atoms. The summed E-state index contributed by atoms with van der Waals surface area (Å²) in [5.41, 5.74) is 0.400. The van der Waals surface area contributed by atoms with Crippen LogP contribution < -0.4 is 15.9 Å². The van der Waals surface area contributed by atoms with E-state index < -0.39 is 17.3 Å². The van der Waals surface area contributed by atoms with Gasteiger partial charge in [0.2, 0.25) is 5.91 Å². The summed E-state index contributed by atoms with van der Waals surface area (Å²) in [4.78, 5) is 35.0. The number of aromatic nitrogens is 2. The average Bonchev–Trinajstić information content (AvgIpc) is 3.13. The first-order valence-corrected chi connectivity index (χ1v) is 15.3. The van der Waals surface area contributed by atoms with E-state index in [1.807, 2.05) is 25.8 Å². The number of anilines is 1. The summed E-state index contributed by atoms with van der Waals surface area (Å²) in [6.07, 6.45) is 0.958. The first-order valence-electron chi connectivity index (χ1n) is 13.6. The van der Waals surface area contributed by atoms with Gasteiger partial charge in [-0.1, -0.05) is 29.8 Å². The predicted molar refractivity (Wildman–Crippen MR) is 164 cm³/mol. The van der Waals surface area contributed by atoms with E-state index in [-0.39, 0.29) is 46.2 Å². The number of amides is 1. The molecular weight excluding hydrogens is 607 g/mol. The topological polar surface area (TPSA) is 79.7 Å². The Balaban J connectivity index is 1.72. The Kier molecular flexibility index (Phi) is 9.15. The van der Waals surface area contributed by atoms with Gasteiger partial charge in [0.1, 0.15) is 17.5 Å². The molecule has 0 radical (unpaired) electrons. The van der Waals surface area contributed by atoms with E-state index in [4.69, 9.17) is 27.9 Å². The van der Waals surface area contributed by atoms with Crippen molar-refractivity contribution in [2.45, 2.75) is 43.5 Å². The zero-order valence-corrected chi connectivity index (χ0v) is 25.8. The van der Waals surface area contributed by atoms with Gasteiger partial charge in [-0.15, -0.1) is 11.8 Å². The molecule has 1 fully saturated rings. The van der Waals surface area contributed by atoms with Gasteiger partial charge in [-0.25, -0.2) is 13.6 Å². The number of carbonyl (C=O) groups excluding carboxylic acids is 1. The molecule has 13 heteroatoms. The first-order chi connectivity index (χ1) is 20.0. The maximum absolute atomic E-state index is 15.3. The Labute approximate surface area is 256 Å². The summed E-state index contributed by atoms with van der Waals surface area (Å²) in [5.74, 6) is -0.986. The van der Waals surface area contributed by atoms with Crippen LogP contribution in [-0.4, -0.2) is 77.6 Å². The second kappa shape index (κ2) is 12.5. The molecule has 1 saturated heterocycles. The number of nitrogens with zero attached hydrogens (tertiary/aromatic N) is 4. The SMILES string of the molecule is C=CC(=O)N1[C@H](C)CN(c2nc(=O)n3c4c(c(-c5cc(Cl)c(F)cc5F)c(Cl)cc24)SCC(OCCNC)C3)C[C@@H]1C. The maximum Gasteiger partial charge on any atom is 0.350 e. The summed E-state index contributed by atoms with van der Waals surface area (Å²) in [7, 11) is 1.82. The standard InChI is InChI=1S/C29H31Cl2F2N5O3S/c1-5-24(39)38-15(2)11-36(12-16(38)3)28-19-9-21(31)25(18-8-20(30)23(33)10-22(18)32)27-26(19)37(29(40)35-28)13-17(14-42-27)41-7-6-34-4/h5,8-10,15-17,34H,1,6-7,11-14H2,2-4H3/t15-,16+,17?. The van der Waals surface area contributed by atoms with Crippen LogP contribution in [0.5, 0.6) is 0 Å². The van der Waals surface area contributed by atoms with Crippen LogP contribution in [0.2, 0.25) is 10.0 Å². The quantitative estimate of drug-likeness (QED) is 0.223. The Hall–Kier alpha value is -2.70. The van der Waals surface area contributed by atoms with Crippen molar-refractivity contribution in [2.24, 2.45) is 0 Å². The molecule has 8 nitrogen and oxygen atoms in total. The lowest BCUT2D eigenvalue weighted by atomic mass is 10.0. The van der Waals surface area contributed by atoms with Gasteiger partial charge in [0, 0.05) is 64.9 Å². The molecule has 1 N–H and O–H groups in total. The number of ether oxygens (including phenoxy) is 1. The van der Waals surface area contributed by atoms with Crippen LogP contribution >= 0.6 is 35.0 Å². The number of piperazine rings is 1. The third-order valence-corrected chi connectivity index (χ3v) is 9.40. The molecule has 0 saturated carbocycles. The smallest absolute Gasteiger partial charge is 0.350 e. The normalized spacial score (nSPS) is 20.6. The second-order valence-electron chi connectivity index (χ2n) is 10.5. The molecule has 2 aromatic carbocycles. The van der Waals surface area contributed by atoms with Crippen LogP contribution in [0, 0.1) is 11.6 Å². The molecule has 224 valence electrons. The first kappa shape index (κ1) is 30.7. The number of rotatable bonds is 7. The zero-order chi connectivity index (χ0) is 30.3. The molecule has 3 heterocycles. The van der Waals surface area contributed by atoms with Crippen molar-refractivity contribution < 1.29 is 18.3 Å². The number of hydrogen-bond donors (Lipinski definition) is 1. The van der Waals surface area contributed by atoms with Crippen LogP contribution in [0.15, 0.2) is 40.5 Å². The number of likely N-dealkylation sites (N-methyl/N-ethyl adjacent to an activating group) is 1. The second-order valence-corrected chi connectivity index (χ2v) is 12.3. The van der Waals surface area contributed by atoms with Crippen LogP contribution in [0.3, 0.4) is 0 Å². The molecule has 1 unspecified atom stereocenters. The summed E-state index contributed by atoms with van der Waals surface area (Å²) in [5, 5.41) is 3.61. The Morgan fingerprint density at radius 1 is 1.17 bits per heavy atom. The minimum Gasteiger partial charge on any atom is -0.374 e. The minimum absolute atomic E-state index is 0.0292. The molecule has 3 aromatic rings. The molecule has 3 atom stereocenters. The lowest BCUT2D eigenvalue weighted by molar-refractivity contribution is -0.130. The molecule has 2 aliphatic rings. The number of carbonyl (C=O) groups is 1. The summed E-state index contributed by atoms with van der Waals surface area (Å²) < 4.78 is 37.0. The monoisotopic (exact) mass is 637 g/mol. The summed E-state index contributed by atoms with van der Waals surface area (Å²) >= 11 is 14.4. The zero-order valence-electron chi connectivity index (χ0n) is 23.4. The maximum atomic E-state index is 15.3. The van der Waals surface area contributed by atoms with Crippen LogP contribution in [0.1, 0.15) is 13.8 Å². The summed E-state index contributed by atoms with van der Waals surface area (Å²) in [6.45, 7) is 9.63. The van der Waals surface area contributed by atoms with Gasteiger partial charge in [-0.05, 0) is 39.1 Å². The molecular formula is C29H31Cl2F2N5O3S. The van der Waals surface area contributed by atoms with Crippen LogP contribution in [0.25, 0.3) is 22.0 Å². The van der Waals surface area contributed by atoms with E-state index in [1.165, 1.54) is 23.9 Å². The van der Waals surface area contributed by atoms with Gasteiger partial charge in [0.25, 0.3) is 0 Å². The highest BCUT2D eigenvalue weighted by atomic mass is 35.5. The number of nitrogens with one attached hydrogen (secondary N) is 1. The molecule has 1 aromatic heterocycles. The highest BCUT2D eigenvalue weighted by Gasteiger charge is 2.35. The Morgan fingerprint density at radius 3 is 2.55 bits per heavy atom. The third-order valence-electron chi connectivity index (χ3n) is 7.58. The van der Waals surface area contributed by atoms with Crippen molar-refractivity contribution >= 4 is 57.6 Å². The van der Waals surface area contributed by atoms with E-state index >= 15 is 4.39 Å². The number of thioether (sulfide) groups is 1. The van der Waals surface area contributed by atoms with Gasteiger partial charge in [-0.2, -0.15) is 4.98 Å². The lowest BCUT2D eigenvalue weighted by Gasteiger charge is -2.44. The molecule has 0 aliphatic carbocycles. The Bertz CT molecular complexity index is 1610. The highest BCUT2D eigenvalue weighted by Crippen LogP contribution is 2.47. The van der Waals surface area contributed by atoms with Crippen molar-refractivity contribution in [3.63, 3.8) is 0 Å². The minimum atomic E-state index is -0.882. The van der Waals surface area contributed by atoms with Crippen molar-refractivity contribution in [2.75, 3.05) is 43.9 Å². The van der Waals surface area contributed by atoms with Crippen LogP contribution in [-0.2, 0) is 16.1 Å². The largest absolute Gasteiger partial charge is 0.374 e. The van der Waals surface area contributed by atoms with Crippen molar-refractivity contribution in [3.05, 3.63) is 63.0 Å². The fourth-order valence-corrected chi connectivity index (χ4v) is 7.57. The van der Waals surface area contributed by atoms with E-state index in [0.29, 0.717) is 59.2 Å². The number of benzene rings is 2. The van der Waals surface area contributed by atoms with E-state index in [1.54, 1.807) is 15.5 Å². The molecule has 1 amide bonds. The highest BCUT2D eigenvalue weighted by molar-refractivity contribution is 7.99. The number of hydrogen-bond acceptors (Lipinski definition) is 7. The van der Waals surface area contributed by atoms with E-state index in [0.717, 1.165) is 6.07 Å². The molecule has 0 bridgehead atoms. The van der Waals surface area contributed by atoms with Crippen molar-refractivity contribution in [1.29, 1.82) is 0 Å². The molecule has 0 spiro atoms. The van der Waals surface area contributed by atoms with Gasteiger partial charge >= 0.3 is 5.69 Å². The van der Waals surface area contributed by atoms with Gasteiger partial charge in [-0.3, -0.25) is 9.36 Å². The molecule has 5 rings (SSSR count). The van der Waals surface area contributed by atoms with Crippen LogP contribution in [0.4, 0.5) is 14.6 Å². The van der Waals surface area contributed by atoms with Gasteiger partial charge in [0.05, 0.1) is 34.8 Å². The lowest BCUT2D eigenvalue weighted by Crippen LogP contribution is -2.58. The fourth-order valence-electron chi connectivity index (χ4n) is 5.77. The fraction of sp³-hybridized carbons (Fsp3) is 0.414. The van der Waals surface area contributed by atoms with Crippen molar-refractivity contribution in [3.8, 4) is 11.1 Å². The predicted octanol–water partition coefficient (Wildman–Crippen LogP) is 4.97. The van der Waals surface area contributed by atoms with E-state index in [9.17, 15) is 14.0 Å². The number of halogens is 4. The molecule has 2 aliphatic heterocycles.